The molecule has 0 amide bonds. The Morgan fingerprint density at radius 3 is 2.71 bits per heavy atom. The van der Waals surface area contributed by atoms with Crippen LogP contribution in [0.5, 0.6) is 0 Å². The normalized spacial score (nSPS) is 11.5. The molecule has 94 valence electrons. The van der Waals surface area contributed by atoms with E-state index in [-0.39, 0.29) is 11.4 Å². The Morgan fingerprint density at radius 1 is 1.41 bits per heavy atom. The molecule has 1 rings (SSSR count). The van der Waals surface area contributed by atoms with Crippen LogP contribution in [-0.4, -0.2) is 17.8 Å². The van der Waals surface area contributed by atoms with Gasteiger partial charge in [-0.1, -0.05) is 18.2 Å². The standard InChI is InChI=1S/C14H20FNS/c1-11(9-16-14(2,3)4)10-17-13-7-5-6-12(15)8-13/h5-8,16H,1,9-10H2,2-4H3. The molecule has 3 heteroatoms. The van der Waals surface area contributed by atoms with E-state index in [0.29, 0.717) is 0 Å². The molecule has 0 fully saturated rings. The Bertz CT molecular complexity index is 382. The van der Waals surface area contributed by atoms with Crippen molar-refractivity contribution in [3.63, 3.8) is 0 Å². The summed E-state index contributed by atoms with van der Waals surface area (Å²) in [6.07, 6.45) is 0. The van der Waals surface area contributed by atoms with Crippen LogP contribution in [-0.2, 0) is 0 Å². The lowest BCUT2D eigenvalue weighted by atomic mass is 10.1. The SMILES string of the molecule is C=C(CNC(C)(C)C)CSc1cccc(F)c1. The zero-order valence-corrected chi connectivity index (χ0v) is 11.5. The molecule has 17 heavy (non-hydrogen) atoms. The molecule has 0 aliphatic carbocycles. The smallest absolute Gasteiger partial charge is 0.124 e. The highest BCUT2D eigenvalue weighted by Gasteiger charge is 2.08. The Morgan fingerprint density at radius 2 is 2.12 bits per heavy atom. The van der Waals surface area contributed by atoms with Crippen LogP contribution >= 0.6 is 11.8 Å². The monoisotopic (exact) mass is 253 g/mol. The summed E-state index contributed by atoms with van der Waals surface area (Å²) in [5, 5.41) is 3.38. The Balaban J connectivity index is 2.33. The van der Waals surface area contributed by atoms with Gasteiger partial charge in [-0.15, -0.1) is 11.8 Å². The third kappa shape index (κ3) is 6.49. The highest BCUT2D eigenvalue weighted by atomic mass is 32.2. The van der Waals surface area contributed by atoms with Gasteiger partial charge in [0.1, 0.15) is 5.82 Å². The first-order valence-electron chi connectivity index (χ1n) is 5.67. The molecule has 0 aromatic heterocycles. The number of hydrogen-bond donors (Lipinski definition) is 1. The number of thioether (sulfide) groups is 1. The van der Waals surface area contributed by atoms with Crippen LogP contribution in [0.3, 0.4) is 0 Å². The third-order valence-electron chi connectivity index (χ3n) is 2.11. The molecule has 0 bridgehead atoms. The molecule has 0 radical (unpaired) electrons. The summed E-state index contributed by atoms with van der Waals surface area (Å²) in [5.74, 6) is 0.625. The van der Waals surface area contributed by atoms with Gasteiger partial charge in [0, 0.05) is 22.7 Å². The quantitative estimate of drug-likeness (QED) is 0.631. The largest absolute Gasteiger partial charge is 0.308 e. The van der Waals surface area contributed by atoms with E-state index in [1.54, 1.807) is 23.9 Å². The second-order valence-electron chi connectivity index (χ2n) is 5.10. The summed E-state index contributed by atoms with van der Waals surface area (Å²) in [6.45, 7) is 11.2. The average molecular weight is 253 g/mol. The fraction of sp³-hybridized carbons (Fsp3) is 0.429. The van der Waals surface area contributed by atoms with Gasteiger partial charge in [0.2, 0.25) is 0 Å². The zero-order chi connectivity index (χ0) is 12.9. The van der Waals surface area contributed by atoms with Gasteiger partial charge in [-0.2, -0.15) is 0 Å². The maximum atomic E-state index is 12.9. The Hall–Kier alpha value is -0.800. The summed E-state index contributed by atoms with van der Waals surface area (Å²) in [4.78, 5) is 0.946. The molecule has 1 nitrogen and oxygen atoms in total. The molecule has 0 heterocycles. The lowest BCUT2D eigenvalue weighted by Gasteiger charge is -2.21. The minimum Gasteiger partial charge on any atom is -0.308 e. The molecule has 0 atom stereocenters. The van der Waals surface area contributed by atoms with Crippen molar-refractivity contribution >= 4 is 11.8 Å². The highest BCUT2D eigenvalue weighted by Crippen LogP contribution is 2.20. The van der Waals surface area contributed by atoms with Gasteiger partial charge >= 0.3 is 0 Å². The van der Waals surface area contributed by atoms with E-state index in [2.05, 4.69) is 32.7 Å². The van der Waals surface area contributed by atoms with E-state index < -0.39 is 0 Å². The van der Waals surface area contributed by atoms with E-state index in [9.17, 15) is 4.39 Å². The van der Waals surface area contributed by atoms with Gasteiger partial charge < -0.3 is 5.32 Å². The van der Waals surface area contributed by atoms with Crippen LogP contribution in [0.25, 0.3) is 0 Å². The molecule has 1 aromatic rings. The van der Waals surface area contributed by atoms with Crippen LogP contribution in [0.1, 0.15) is 20.8 Å². The molecule has 0 spiro atoms. The maximum absolute atomic E-state index is 12.9. The van der Waals surface area contributed by atoms with Crippen molar-refractivity contribution < 1.29 is 4.39 Å². The number of nitrogens with one attached hydrogen (secondary N) is 1. The predicted octanol–water partition coefficient (Wildman–Crippen LogP) is 3.86. The summed E-state index contributed by atoms with van der Waals surface area (Å²) < 4.78 is 12.9. The van der Waals surface area contributed by atoms with Crippen LogP contribution in [0.15, 0.2) is 41.3 Å². The topological polar surface area (TPSA) is 12.0 Å². The second kappa shape index (κ2) is 6.22. The van der Waals surface area contributed by atoms with E-state index in [1.807, 2.05) is 6.07 Å². The zero-order valence-electron chi connectivity index (χ0n) is 10.7. The lowest BCUT2D eigenvalue weighted by Crippen LogP contribution is -2.37. The lowest BCUT2D eigenvalue weighted by molar-refractivity contribution is 0.445. The van der Waals surface area contributed by atoms with Crippen molar-refractivity contribution in [3.05, 3.63) is 42.2 Å². The van der Waals surface area contributed by atoms with Crippen molar-refractivity contribution in [2.45, 2.75) is 31.2 Å². The van der Waals surface area contributed by atoms with E-state index >= 15 is 0 Å². The van der Waals surface area contributed by atoms with Crippen molar-refractivity contribution in [2.24, 2.45) is 0 Å². The van der Waals surface area contributed by atoms with Gasteiger partial charge in [-0.3, -0.25) is 0 Å². The molecular formula is C14H20FNS. The maximum Gasteiger partial charge on any atom is 0.124 e. The fourth-order valence-corrected chi connectivity index (χ4v) is 2.03. The Labute approximate surface area is 107 Å². The first-order valence-corrected chi connectivity index (χ1v) is 6.65. The molecule has 0 unspecified atom stereocenters. The molecule has 0 saturated heterocycles. The minimum absolute atomic E-state index is 0.104. The predicted molar refractivity (Wildman–Crippen MR) is 74.0 cm³/mol. The van der Waals surface area contributed by atoms with Crippen molar-refractivity contribution in [2.75, 3.05) is 12.3 Å². The Kier molecular flexibility index (Phi) is 5.22. The highest BCUT2D eigenvalue weighted by molar-refractivity contribution is 7.99. The molecule has 0 aliphatic rings. The third-order valence-corrected chi connectivity index (χ3v) is 3.25. The summed E-state index contributed by atoms with van der Waals surface area (Å²) in [7, 11) is 0. The average Bonchev–Trinajstić information content (AvgIpc) is 2.23. The molecule has 1 N–H and O–H groups in total. The van der Waals surface area contributed by atoms with Gasteiger partial charge in [-0.25, -0.2) is 4.39 Å². The van der Waals surface area contributed by atoms with E-state index in [1.165, 1.54) is 6.07 Å². The summed E-state index contributed by atoms with van der Waals surface area (Å²) >= 11 is 1.61. The van der Waals surface area contributed by atoms with Crippen LogP contribution in [0.2, 0.25) is 0 Å². The molecule has 1 aromatic carbocycles. The summed E-state index contributed by atoms with van der Waals surface area (Å²) in [6, 6.07) is 6.65. The van der Waals surface area contributed by atoms with Gasteiger partial charge in [-0.05, 0) is 39.0 Å². The van der Waals surface area contributed by atoms with Crippen LogP contribution < -0.4 is 5.32 Å². The summed E-state index contributed by atoms with van der Waals surface area (Å²) in [5.41, 5.74) is 1.22. The van der Waals surface area contributed by atoms with Crippen LogP contribution in [0, 0.1) is 5.82 Å². The van der Waals surface area contributed by atoms with Crippen molar-refractivity contribution in [3.8, 4) is 0 Å². The first-order chi connectivity index (χ1) is 7.87. The second-order valence-corrected chi connectivity index (χ2v) is 6.15. The van der Waals surface area contributed by atoms with Gasteiger partial charge in [0.25, 0.3) is 0 Å². The van der Waals surface area contributed by atoms with Crippen molar-refractivity contribution in [1.82, 2.24) is 5.32 Å². The molecule has 0 saturated carbocycles. The molecule has 0 aliphatic heterocycles. The number of halogens is 1. The fourth-order valence-electron chi connectivity index (χ4n) is 1.18. The van der Waals surface area contributed by atoms with Gasteiger partial charge in [0.05, 0.1) is 0 Å². The molecular weight excluding hydrogens is 233 g/mol. The van der Waals surface area contributed by atoms with Gasteiger partial charge in [0.15, 0.2) is 0 Å². The number of rotatable bonds is 5. The van der Waals surface area contributed by atoms with Crippen LogP contribution in [0.4, 0.5) is 4.39 Å². The minimum atomic E-state index is -0.187. The number of hydrogen-bond acceptors (Lipinski definition) is 2. The first kappa shape index (κ1) is 14.3. The number of benzene rings is 1. The van der Waals surface area contributed by atoms with Crippen molar-refractivity contribution in [1.29, 1.82) is 0 Å². The van der Waals surface area contributed by atoms with E-state index in [0.717, 1.165) is 22.8 Å². The van der Waals surface area contributed by atoms with E-state index in [4.69, 9.17) is 0 Å².